The predicted molar refractivity (Wildman–Crippen MR) is 84.5 cm³/mol. The summed E-state index contributed by atoms with van der Waals surface area (Å²) in [6.45, 7) is 10.4. The zero-order chi connectivity index (χ0) is 15.8. The second-order valence-corrected chi connectivity index (χ2v) is 7.43. The first-order chi connectivity index (χ1) is 9.60. The zero-order valence-corrected chi connectivity index (χ0v) is 13.5. The van der Waals surface area contributed by atoms with Gasteiger partial charge in [-0.25, -0.2) is 4.98 Å². The summed E-state index contributed by atoms with van der Waals surface area (Å²) in [4.78, 5) is 15.8. The van der Waals surface area contributed by atoms with Crippen LogP contribution in [0.15, 0.2) is 24.3 Å². The molecule has 0 fully saturated rings. The van der Waals surface area contributed by atoms with Gasteiger partial charge in [-0.05, 0) is 38.3 Å². The zero-order valence-electron chi connectivity index (χ0n) is 13.5. The van der Waals surface area contributed by atoms with Crippen molar-refractivity contribution in [1.29, 1.82) is 0 Å². The largest absolute Gasteiger partial charge is 0.481 e. The van der Waals surface area contributed by atoms with E-state index in [0.717, 1.165) is 16.9 Å². The Morgan fingerprint density at radius 2 is 1.81 bits per heavy atom. The molecule has 0 atom stereocenters. The van der Waals surface area contributed by atoms with Crippen LogP contribution in [0.4, 0.5) is 0 Å². The number of carbonyl (C=O) groups is 1. The molecule has 0 saturated carbocycles. The lowest BCUT2D eigenvalue weighted by Gasteiger charge is -2.28. The molecule has 0 saturated heterocycles. The molecule has 2 rings (SSSR count). The Balaban J connectivity index is 2.51. The van der Waals surface area contributed by atoms with Gasteiger partial charge in [0, 0.05) is 12.0 Å². The van der Waals surface area contributed by atoms with Crippen LogP contribution in [0.3, 0.4) is 0 Å². The number of nitrogens with zero attached hydrogens (tertiary/aromatic N) is 2. The Kier molecular flexibility index (Phi) is 3.83. The molecular formula is C17H24N2O2. The molecule has 1 aromatic heterocycles. The summed E-state index contributed by atoms with van der Waals surface area (Å²) in [7, 11) is 0. The molecule has 1 N–H and O–H groups in total. The number of hydrogen-bond acceptors (Lipinski definition) is 2. The van der Waals surface area contributed by atoms with Crippen molar-refractivity contribution in [2.75, 3.05) is 0 Å². The Morgan fingerprint density at radius 3 is 2.38 bits per heavy atom. The van der Waals surface area contributed by atoms with E-state index in [2.05, 4.69) is 31.4 Å². The van der Waals surface area contributed by atoms with Crippen molar-refractivity contribution in [2.24, 2.45) is 5.41 Å². The second kappa shape index (κ2) is 5.17. The molecule has 0 spiro atoms. The van der Waals surface area contributed by atoms with Crippen molar-refractivity contribution in [3.63, 3.8) is 0 Å². The van der Waals surface area contributed by atoms with E-state index >= 15 is 0 Å². The van der Waals surface area contributed by atoms with Crippen molar-refractivity contribution in [2.45, 2.75) is 53.0 Å². The molecule has 0 aliphatic carbocycles. The number of aliphatic carboxylic acids is 1. The third-order valence-corrected chi connectivity index (χ3v) is 3.57. The van der Waals surface area contributed by atoms with Crippen LogP contribution < -0.4 is 0 Å². The van der Waals surface area contributed by atoms with Crippen LogP contribution in [-0.4, -0.2) is 20.6 Å². The summed E-state index contributed by atoms with van der Waals surface area (Å²) < 4.78 is 2.23. The van der Waals surface area contributed by atoms with E-state index in [1.807, 2.05) is 32.0 Å². The van der Waals surface area contributed by atoms with Gasteiger partial charge in [-0.3, -0.25) is 4.79 Å². The van der Waals surface area contributed by atoms with Gasteiger partial charge < -0.3 is 9.67 Å². The maximum Gasteiger partial charge on any atom is 0.303 e. The molecule has 21 heavy (non-hydrogen) atoms. The molecule has 4 heteroatoms. The number of benzene rings is 1. The molecule has 1 heterocycles. The highest BCUT2D eigenvalue weighted by Crippen LogP contribution is 2.31. The van der Waals surface area contributed by atoms with Crippen LogP contribution in [0, 0.1) is 5.41 Å². The van der Waals surface area contributed by atoms with Gasteiger partial charge in [-0.15, -0.1) is 0 Å². The van der Waals surface area contributed by atoms with Gasteiger partial charge in [0.1, 0.15) is 5.82 Å². The van der Waals surface area contributed by atoms with E-state index < -0.39 is 5.97 Å². The lowest BCUT2D eigenvalue weighted by atomic mass is 9.85. The summed E-state index contributed by atoms with van der Waals surface area (Å²) in [5.74, 6) is 0.188. The van der Waals surface area contributed by atoms with Gasteiger partial charge in [0.2, 0.25) is 0 Å². The van der Waals surface area contributed by atoms with Crippen LogP contribution in [0.2, 0.25) is 0 Å². The van der Waals surface area contributed by atoms with Gasteiger partial charge in [-0.1, -0.05) is 26.0 Å². The number of aromatic nitrogens is 2. The van der Waals surface area contributed by atoms with Crippen molar-refractivity contribution in [3.05, 3.63) is 30.1 Å². The van der Waals surface area contributed by atoms with Crippen molar-refractivity contribution in [1.82, 2.24) is 9.55 Å². The van der Waals surface area contributed by atoms with E-state index in [1.54, 1.807) is 0 Å². The average Bonchev–Trinajstić information content (AvgIpc) is 2.62. The number of carboxylic acids is 1. The molecule has 114 valence electrons. The minimum atomic E-state index is -0.765. The Labute approximate surface area is 125 Å². The van der Waals surface area contributed by atoms with Crippen LogP contribution >= 0.6 is 0 Å². The number of rotatable bonds is 4. The number of carboxylic acid groups (broad SMARTS) is 1. The number of para-hydroxylation sites is 2. The molecule has 0 aliphatic heterocycles. The summed E-state index contributed by atoms with van der Waals surface area (Å²) >= 11 is 0. The maximum atomic E-state index is 11.0. The molecular weight excluding hydrogens is 264 g/mol. The molecule has 0 bridgehead atoms. The molecule has 4 nitrogen and oxygen atoms in total. The average molecular weight is 288 g/mol. The first-order valence-electron chi connectivity index (χ1n) is 7.29. The Hall–Kier alpha value is -1.84. The molecule has 2 aromatic rings. The van der Waals surface area contributed by atoms with Crippen molar-refractivity contribution >= 4 is 17.0 Å². The topological polar surface area (TPSA) is 55.1 Å². The minimum Gasteiger partial charge on any atom is -0.481 e. The fraction of sp³-hybridized carbons (Fsp3) is 0.529. The highest BCUT2D eigenvalue weighted by atomic mass is 16.4. The standard InChI is InChI=1S/C17H24N2O2/c1-16(2,3)19-13-9-7-6-8-12(13)18-14(19)10-17(4,5)11-15(20)21/h6-9H,10-11H2,1-5H3,(H,20,21). The van der Waals surface area contributed by atoms with Gasteiger partial charge in [0.05, 0.1) is 17.5 Å². The van der Waals surface area contributed by atoms with Crippen LogP contribution in [0.5, 0.6) is 0 Å². The fourth-order valence-electron chi connectivity index (χ4n) is 2.84. The molecule has 0 amide bonds. The maximum absolute atomic E-state index is 11.0. The Morgan fingerprint density at radius 1 is 1.19 bits per heavy atom. The highest BCUT2D eigenvalue weighted by molar-refractivity contribution is 5.76. The van der Waals surface area contributed by atoms with Gasteiger partial charge >= 0.3 is 5.97 Å². The summed E-state index contributed by atoms with van der Waals surface area (Å²) in [5.41, 5.74) is 1.65. The van der Waals surface area contributed by atoms with Gasteiger partial charge in [-0.2, -0.15) is 0 Å². The minimum absolute atomic E-state index is 0.0925. The van der Waals surface area contributed by atoms with E-state index in [0.29, 0.717) is 6.42 Å². The van der Waals surface area contributed by atoms with Crippen LogP contribution in [-0.2, 0) is 16.8 Å². The molecule has 0 radical (unpaired) electrons. The first-order valence-corrected chi connectivity index (χ1v) is 7.29. The van der Waals surface area contributed by atoms with Gasteiger partial charge in [0.15, 0.2) is 0 Å². The number of fused-ring (bicyclic) bond motifs is 1. The van der Waals surface area contributed by atoms with Crippen molar-refractivity contribution in [3.8, 4) is 0 Å². The summed E-state index contributed by atoms with van der Waals surface area (Å²) in [6, 6.07) is 8.07. The van der Waals surface area contributed by atoms with Crippen molar-refractivity contribution < 1.29 is 9.90 Å². The number of imidazole rings is 1. The quantitative estimate of drug-likeness (QED) is 0.930. The second-order valence-electron chi connectivity index (χ2n) is 7.43. The summed E-state index contributed by atoms with van der Waals surface area (Å²) in [6.07, 6.45) is 0.783. The SMILES string of the molecule is CC(C)(CC(=O)O)Cc1nc2ccccc2n1C(C)(C)C. The summed E-state index contributed by atoms with van der Waals surface area (Å²) in [5, 5.41) is 9.07. The third kappa shape index (κ3) is 3.43. The van der Waals surface area contributed by atoms with E-state index in [4.69, 9.17) is 10.1 Å². The smallest absolute Gasteiger partial charge is 0.303 e. The lowest BCUT2D eigenvalue weighted by Crippen LogP contribution is -2.28. The first kappa shape index (κ1) is 15.5. The van der Waals surface area contributed by atoms with Gasteiger partial charge in [0.25, 0.3) is 0 Å². The Bertz CT molecular complexity index is 663. The monoisotopic (exact) mass is 288 g/mol. The van der Waals surface area contributed by atoms with E-state index in [-0.39, 0.29) is 17.4 Å². The van der Waals surface area contributed by atoms with Crippen LogP contribution in [0.25, 0.3) is 11.0 Å². The highest BCUT2D eigenvalue weighted by Gasteiger charge is 2.28. The van der Waals surface area contributed by atoms with E-state index in [9.17, 15) is 4.79 Å². The van der Waals surface area contributed by atoms with E-state index in [1.165, 1.54) is 0 Å². The fourth-order valence-corrected chi connectivity index (χ4v) is 2.84. The third-order valence-electron chi connectivity index (χ3n) is 3.57. The molecule has 0 aliphatic rings. The number of hydrogen-bond donors (Lipinski definition) is 1. The normalized spacial score (nSPS) is 12.8. The predicted octanol–water partition coefficient (Wildman–Crippen LogP) is 3.83. The van der Waals surface area contributed by atoms with Crippen LogP contribution in [0.1, 0.15) is 46.9 Å². The lowest BCUT2D eigenvalue weighted by molar-refractivity contribution is -0.139. The molecule has 0 unspecified atom stereocenters. The molecule has 1 aromatic carbocycles.